The largest absolute Gasteiger partial charge is 0.346 e. The van der Waals surface area contributed by atoms with E-state index in [-0.39, 0.29) is 65.3 Å². The molecule has 0 spiro atoms. The van der Waals surface area contributed by atoms with Crippen LogP contribution in [-0.2, 0) is 24.0 Å². The molecule has 33 heavy (non-hydrogen) atoms. The van der Waals surface area contributed by atoms with Gasteiger partial charge in [0.1, 0.15) is 5.78 Å². The van der Waals surface area contributed by atoms with E-state index in [2.05, 4.69) is 5.32 Å². The molecule has 1 rings (SSSR count). The molecule has 1 N–H and O–H groups in total. The number of nitrogens with one attached hydrogen (secondary N) is 1. The van der Waals surface area contributed by atoms with Gasteiger partial charge >= 0.3 is 0 Å². The summed E-state index contributed by atoms with van der Waals surface area (Å²) >= 11 is 0. The lowest BCUT2D eigenvalue weighted by Crippen LogP contribution is -2.44. The maximum atomic E-state index is 12.7. The van der Waals surface area contributed by atoms with Gasteiger partial charge in [0.15, 0.2) is 5.78 Å². The van der Waals surface area contributed by atoms with E-state index in [1.54, 1.807) is 20.8 Å². The Labute approximate surface area is 199 Å². The third-order valence-corrected chi connectivity index (χ3v) is 6.57. The quantitative estimate of drug-likeness (QED) is 0.329. The molecule has 0 bridgehead atoms. The van der Waals surface area contributed by atoms with E-state index in [0.717, 1.165) is 6.42 Å². The first kappa shape index (κ1) is 29.0. The topological polar surface area (TPSA) is 101 Å². The summed E-state index contributed by atoms with van der Waals surface area (Å²) in [6, 6.07) is -0.567. The summed E-state index contributed by atoms with van der Waals surface area (Å²) in [4.78, 5) is 63.3. The maximum Gasteiger partial charge on any atom is 0.233 e. The van der Waals surface area contributed by atoms with Gasteiger partial charge < -0.3 is 5.32 Å². The fraction of sp³-hybridized carbons (Fsp3) is 0.808. The van der Waals surface area contributed by atoms with E-state index in [9.17, 15) is 24.0 Å². The minimum Gasteiger partial charge on any atom is -0.346 e. The third-order valence-electron chi connectivity index (χ3n) is 6.57. The van der Waals surface area contributed by atoms with Gasteiger partial charge in [-0.1, -0.05) is 54.9 Å². The normalized spacial score (nSPS) is 18.7. The van der Waals surface area contributed by atoms with Crippen LogP contribution in [0.4, 0.5) is 0 Å². The smallest absolute Gasteiger partial charge is 0.233 e. The first-order chi connectivity index (χ1) is 15.2. The molecule has 1 fully saturated rings. The molecule has 7 nitrogen and oxygen atoms in total. The fourth-order valence-electron chi connectivity index (χ4n) is 4.23. The number of imide groups is 1. The van der Waals surface area contributed by atoms with Gasteiger partial charge in [0, 0.05) is 37.6 Å². The summed E-state index contributed by atoms with van der Waals surface area (Å²) < 4.78 is 0. The third kappa shape index (κ3) is 8.67. The molecule has 0 aliphatic carbocycles. The van der Waals surface area contributed by atoms with Gasteiger partial charge in [0.2, 0.25) is 17.7 Å². The van der Waals surface area contributed by atoms with Crippen molar-refractivity contribution in [2.45, 2.75) is 100.0 Å². The number of carbonyl (C=O) groups excluding carboxylic acids is 5. The second-order valence-corrected chi connectivity index (χ2v) is 11.2. The highest BCUT2D eigenvalue weighted by molar-refractivity contribution is 6.03. The zero-order valence-electron chi connectivity index (χ0n) is 21.8. The van der Waals surface area contributed by atoms with Crippen molar-refractivity contribution in [3.8, 4) is 0 Å². The molecule has 0 radical (unpaired) electrons. The minimum absolute atomic E-state index is 0.0155. The zero-order valence-corrected chi connectivity index (χ0v) is 21.8. The highest BCUT2D eigenvalue weighted by Crippen LogP contribution is 2.35. The molecule has 3 atom stereocenters. The lowest BCUT2D eigenvalue weighted by molar-refractivity contribution is -0.140. The summed E-state index contributed by atoms with van der Waals surface area (Å²) in [5, 5.41) is 2.77. The molecule has 1 aliphatic rings. The maximum absolute atomic E-state index is 12.7. The van der Waals surface area contributed by atoms with Gasteiger partial charge in [0.05, 0.1) is 12.0 Å². The molecule has 1 aliphatic heterocycles. The Morgan fingerprint density at radius 2 is 1.61 bits per heavy atom. The Hall–Kier alpha value is -2.05. The van der Waals surface area contributed by atoms with Gasteiger partial charge in [-0.2, -0.15) is 0 Å². The van der Waals surface area contributed by atoms with Crippen molar-refractivity contribution in [2.75, 3.05) is 6.54 Å². The number of amides is 3. The Bertz CT molecular complexity index is 735. The van der Waals surface area contributed by atoms with Crippen LogP contribution in [0.5, 0.6) is 0 Å². The number of unbranched alkanes of at least 4 members (excludes halogenated alkanes) is 2. The van der Waals surface area contributed by atoms with Gasteiger partial charge in [0.25, 0.3) is 0 Å². The standard InChI is InChI=1S/C26H44N2O5/c1-16(2)20(24(32)27-18(5)23(31)17(3)4)14-19(29)12-10-9-11-13-28-22(30)15-21(25(28)33)26(6,7)8/h16-18,20-21H,9-15H2,1-8H3,(H,27,32)/t18-,20-,21?/m1/s1. The van der Waals surface area contributed by atoms with Crippen molar-refractivity contribution in [1.29, 1.82) is 0 Å². The Morgan fingerprint density at radius 1 is 1.00 bits per heavy atom. The molecule has 7 heteroatoms. The predicted octanol–water partition coefficient (Wildman–Crippen LogP) is 3.93. The highest BCUT2D eigenvalue weighted by Gasteiger charge is 2.44. The molecule has 1 saturated heterocycles. The second-order valence-electron chi connectivity index (χ2n) is 11.2. The van der Waals surface area contributed by atoms with Crippen LogP contribution in [0.2, 0.25) is 0 Å². The first-order valence-electron chi connectivity index (χ1n) is 12.4. The fourth-order valence-corrected chi connectivity index (χ4v) is 4.23. The molecule has 0 aromatic heterocycles. The Balaban J connectivity index is 2.44. The molecular weight excluding hydrogens is 420 g/mol. The molecule has 188 valence electrons. The average Bonchev–Trinajstić information content (AvgIpc) is 2.98. The average molecular weight is 465 g/mol. The van der Waals surface area contributed by atoms with Crippen LogP contribution in [-0.4, -0.2) is 46.8 Å². The number of Topliss-reactive ketones (excluding diaryl/α,β-unsaturated/α-hetero) is 2. The van der Waals surface area contributed by atoms with Gasteiger partial charge in [-0.3, -0.25) is 28.9 Å². The van der Waals surface area contributed by atoms with Crippen LogP contribution in [0, 0.1) is 29.1 Å². The van der Waals surface area contributed by atoms with Crippen molar-refractivity contribution in [3.05, 3.63) is 0 Å². The Morgan fingerprint density at radius 3 is 2.09 bits per heavy atom. The van der Waals surface area contributed by atoms with Crippen LogP contribution < -0.4 is 5.32 Å². The number of hydrogen-bond acceptors (Lipinski definition) is 5. The molecule has 0 aromatic rings. The zero-order chi connectivity index (χ0) is 25.5. The van der Waals surface area contributed by atoms with Crippen molar-refractivity contribution in [1.82, 2.24) is 10.2 Å². The number of likely N-dealkylation sites (tertiary alicyclic amines) is 1. The number of nitrogens with zero attached hydrogens (tertiary/aromatic N) is 1. The van der Waals surface area contributed by atoms with Gasteiger partial charge in [-0.05, 0) is 31.1 Å². The minimum atomic E-state index is -0.567. The molecular formula is C26H44N2O5. The molecule has 3 amide bonds. The predicted molar refractivity (Wildman–Crippen MR) is 128 cm³/mol. The van der Waals surface area contributed by atoms with E-state index in [0.29, 0.717) is 25.8 Å². The summed E-state index contributed by atoms with van der Waals surface area (Å²) in [5.74, 6) is -1.35. The first-order valence-corrected chi connectivity index (χ1v) is 12.4. The molecule has 0 aromatic carbocycles. The van der Waals surface area contributed by atoms with E-state index < -0.39 is 12.0 Å². The van der Waals surface area contributed by atoms with Crippen molar-refractivity contribution in [3.63, 3.8) is 0 Å². The number of hydrogen-bond donors (Lipinski definition) is 1. The van der Waals surface area contributed by atoms with E-state index >= 15 is 0 Å². The number of ketones is 2. The van der Waals surface area contributed by atoms with Crippen LogP contribution in [0.15, 0.2) is 0 Å². The number of carbonyl (C=O) groups is 5. The monoisotopic (exact) mass is 464 g/mol. The van der Waals surface area contributed by atoms with Crippen molar-refractivity contribution >= 4 is 29.3 Å². The second kappa shape index (κ2) is 12.4. The molecule has 1 unspecified atom stereocenters. The Kier molecular flexibility index (Phi) is 10.9. The lowest BCUT2D eigenvalue weighted by atomic mass is 9.80. The van der Waals surface area contributed by atoms with Crippen molar-refractivity contribution < 1.29 is 24.0 Å². The highest BCUT2D eigenvalue weighted by atomic mass is 16.2. The summed E-state index contributed by atoms with van der Waals surface area (Å²) in [6.07, 6.45) is 2.87. The van der Waals surface area contributed by atoms with Crippen LogP contribution in [0.3, 0.4) is 0 Å². The SMILES string of the molecule is CC(C)C(=O)[C@@H](C)NC(=O)[C@H](CC(=O)CCCCCN1C(=O)CC(C(C)(C)C)C1=O)C(C)C. The lowest BCUT2D eigenvalue weighted by Gasteiger charge is -2.24. The van der Waals surface area contributed by atoms with Crippen LogP contribution in [0.1, 0.15) is 93.9 Å². The van der Waals surface area contributed by atoms with E-state index in [4.69, 9.17) is 0 Å². The van der Waals surface area contributed by atoms with E-state index in [1.807, 2.05) is 34.6 Å². The molecule has 0 saturated carbocycles. The van der Waals surface area contributed by atoms with Crippen LogP contribution >= 0.6 is 0 Å². The van der Waals surface area contributed by atoms with Gasteiger partial charge in [-0.25, -0.2) is 0 Å². The summed E-state index contributed by atoms with van der Waals surface area (Å²) in [7, 11) is 0. The molecule has 1 heterocycles. The van der Waals surface area contributed by atoms with Crippen molar-refractivity contribution in [2.24, 2.45) is 29.1 Å². The summed E-state index contributed by atoms with van der Waals surface area (Å²) in [5.41, 5.74) is -0.229. The summed E-state index contributed by atoms with van der Waals surface area (Å²) in [6.45, 7) is 15.4. The number of rotatable bonds is 13. The van der Waals surface area contributed by atoms with Crippen LogP contribution in [0.25, 0.3) is 0 Å². The van der Waals surface area contributed by atoms with E-state index in [1.165, 1.54) is 4.90 Å². The van der Waals surface area contributed by atoms with Gasteiger partial charge in [-0.15, -0.1) is 0 Å².